The van der Waals surface area contributed by atoms with E-state index in [0.29, 0.717) is 11.3 Å². The van der Waals surface area contributed by atoms with E-state index in [2.05, 4.69) is 9.97 Å². The van der Waals surface area contributed by atoms with E-state index < -0.39 is 5.97 Å². The van der Waals surface area contributed by atoms with Crippen LogP contribution in [0.5, 0.6) is 0 Å². The lowest BCUT2D eigenvalue weighted by molar-refractivity contribution is 0.0595. The number of esters is 1. The minimum Gasteiger partial charge on any atom is -0.464 e. The first kappa shape index (κ1) is 12.3. The maximum absolute atomic E-state index is 12.0. The molecule has 0 bridgehead atoms. The van der Waals surface area contributed by atoms with Crippen LogP contribution in [0.25, 0.3) is 22.4 Å². The molecular weight excluding hydrogens is 254 g/mol. The Morgan fingerprint density at radius 2 is 1.90 bits per heavy atom. The summed E-state index contributed by atoms with van der Waals surface area (Å²) in [6.07, 6.45) is 1.86. The summed E-state index contributed by atoms with van der Waals surface area (Å²) >= 11 is 0. The predicted octanol–water partition coefficient (Wildman–Crippen LogP) is 2.42. The van der Waals surface area contributed by atoms with Gasteiger partial charge >= 0.3 is 5.97 Å². The van der Waals surface area contributed by atoms with Crippen LogP contribution in [0.2, 0.25) is 0 Å². The van der Waals surface area contributed by atoms with E-state index in [-0.39, 0.29) is 5.69 Å². The van der Waals surface area contributed by atoms with Crippen LogP contribution < -0.4 is 0 Å². The van der Waals surface area contributed by atoms with Gasteiger partial charge in [-0.15, -0.1) is 0 Å². The van der Waals surface area contributed by atoms with E-state index in [9.17, 15) is 4.79 Å². The van der Waals surface area contributed by atoms with Crippen molar-refractivity contribution < 1.29 is 9.53 Å². The fourth-order valence-electron chi connectivity index (χ4n) is 2.10. The van der Waals surface area contributed by atoms with Crippen LogP contribution in [0.1, 0.15) is 10.5 Å². The van der Waals surface area contributed by atoms with Gasteiger partial charge in [0.05, 0.1) is 7.11 Å². The molecule has 0 spiro atoms. The first-order valence-electron chi connectivity index (χ1n) is 6.17. The van der Waals surface area contributed by atoms with Gasteiger partial charge in [0.25, 0.3) is 0 Å². The summed E-state index contributed by atoms with van der Waals surface area (Å²) in [5.41, 5.74) is 3.01. The number of aryl methyl sites for hydroxylation is 1. The number of carbonyl (C=O) groups excluding carboxylic acids is 1. The minimum atomic E-state index is -0.487. The number of methoxy groups -OCH3 is 1. The Hall–Kier alpha value is -2.69. The number of hydrogen-bond donors (Lipinski definition) is 0. The molecule has 0 unspecified atom stereocenters. The Balaban J connectivity index is 2.31. The molecule has 0 fully saturated rings. The van der Waals surface area contributed by atoms with Crippen LogP contribution in [0.15, 0.2) is 42.6 Å². The summed E-state index contributed by atoms with van der Waals surface area (Å²) in [5.74, 6) is -0.487. The molecule has 0 saturated carbocycles. The maximum atomic E-state index is 12.0. The maximum Gasteiger partial charge on any atom is 0.359 e. The van der Waals surface area contributed by atoms with Gasteiger partial charge in [0.2, 0.25) is 0 Å². The van der Waals surface area contributed by atoms with Crippen molar-refractivity contribution in [3.8, 4) is 11.3 Å². The van der Waals surface area contributed by atoms with E-state index in [0.717, 1.165) is 11.1 Å². The SMILES string of the molecule is COC(=O)c1nc2c(ccn2C)nc1-c1ccccc1. The van der Waals surface area contributed by atoms with Crippen LogP contribution in [0.4, 0.5) is 0 Å². The van der Waals surface area contributed by atoms with Crippen molar-refractivity contribution >= 4 is 17.1 Å². The van der Waals surface area contributed by atoms with Gasteiger partial charge in [-0.1, -0.05) is 30.3 Å². The molecule has 0 radical (unpaired) electrons. The van der Waals surface area contributed by atoms with Crippen LogP contribution >= 0.6 is 0 Å². The molecule has 0 saturated heterocycles. The lowest BCUT2D eigenvalue weighted by atomic mass is 10.1. The predicted molar refractivity (Wildman–Crippen MR) is 75.3 cm³/mol. The molecule has 20 heavy (non-hydrogen) atoms. The fourth-order valence-corrected chi connectivity index (χ4v) is 2.10. The number of hydrogen-bond acceptors (Lipinski definition) is 4. The molecule has 1 aromatic carbocycles. The summed E-state index contributed by atoms with van der Waals surface area (Å²) in [5, 5.41) is 0. The second-order valence-corrected chi connectivity index (χ2v) is 4.41. The quantitative estimate of drug-likeness (QED) is 0.669. The number of fused-ring (bicyclic) bond motifs is 1. The molecular formula is C15H13N3O2. The van der Waals surface area contributed by atoms with E-state index in [1.54, 1.807) is 0 Å². The summed E-state index contributed by atoms with van der Waals surface area (Å²) in [4.78, 5) is 20.9. The minimum absolute atomic E-state index is 0.230. The number of rotatable bonds is 2. The highest BCUT2D eigenvalue weighted by molar-refractivity contribution is 5.96. The average molecular weight is 267 g/mol. The second kappa shape index (κ2) is 4.77. The van der Waals surface area contributed by atoms with E-state index in [1.807, 2.05) is 54.2 Å². The molecule has 2 heterocycles. The zero-order chi connectivity index (χ0) is 14.1. The van der Waals surface area contributed by atoms with Gasteiger partial charge < -0.3 is 9.30 Å². The largest absolute Gasteiger partial charge is 0.464 e. The Bertz CT molecular complexity index is 778. The molecule has 3 rings (SSSR count). The van der Waals surface area contributed by atoms with E-state index >= 15 is 0 Å². The molecule has 2 aromatic heterocycles. The van der Waals surface area contributed by atoms with Crippen molar-refractivity contribution in [1.29, 1.82) is 0 Å². The lowest BCUT2D eigenvalue weighted by Crippen LogP contribution is -2.09. The van der Waals surface area contributed by atoms with Gasteiger partial charge in [-0.2, -0.15) is 0 Å². The second-order valence-electron chi connectivity index (χ2n) is 4.41. The molecule has 5 heteroatoms. The van der Waals surface area contributed by atoms with E-state index in [1.165, 1.54) is 7.11 Å². The van der Waals surface area contributed by atoms with Crippen molar-refractivity contribution in [3.05, 3.63) is 48.3 Å². The first-order valence-corrected chi connectivity index (χ1v) is 6.17. The zero-order valence-electron chi connectivity index (χ0n) is 11.2. The van der Waals surface area contributed by atoms with E-state index in [4.69, 9.17) is 4.74 Å². The third-order valence-electron chi connectivity index (χ3n) is 3.12. The zero-order valence-corrected chi connectivity index (χ0v) is 11.2. The standard InChI is InChI=1S/C15H13N3O2/c1-18-9-8-11-14(18)17-13(15(19)20-2)12(16-11)10-6-4-3-5-7-10/h3-9H,1-2H3. The van der Waals surface area contributed by atoms with Crippen LogP contribution in [-0.4, -0.2) is 27.6 Å². The summed E-state index contributed by atoms with van der Waals surface area (Å²) in [6.45, 7) is 0. The highest BCUT2D eigenvalue weighted by Crippen LogP contribution is 2.23. The molecule has 0 aliphatic heterocycles. The van der Waals surface area contributed by atoms with Crippen molar-refractivity contribution in [2.75, 3.05) is 7.11 Å². The van der Waals surface area contributed by atoms with Crippen molar-refractivity contribution in [2.45, 2.75) is 0 Å². The average Bonchev–Trinajstić information content (AvgIpc) is 2.87. The number of nitrogens with zero attached hydrogens (tertiary/aromatic N) is 3. The topological polar surface area (TPSA) is 57.0 Å². The third-order valence-corrected chi connectivity index (χ3v) is 3.12. The van der Waals surface area contributed by atoms with Crippen molar-refractivity contribution in [3.63, 3.8) is 0 Å². The van der Waals surface area contributed by atoms with Crippen LogP contribution in [-0.2, 0) is 11.8 Å². The molecule has 0 amide bonds. The van der Waals surface area contributed by atoms with Gasteiger partial charge in [-0.3, -0.25) is 0 Å². The molecule has 100 valence electrons. The van der Waals surface area contributed by atoms with Crippen LogP contribution in [0.3, 0.4) is 0 Å². The Morgan fingerprint density at radius 1 is 1.15 bits per heavy atom. The normalized spacial score (nSPS) is 10.7. The third kappa shape index (κ3) is 1.93. The molecule has 0 aliphatic carbocycles. The summed E-state index contributed by atoms with van der Waals surface area (Å²) < 4.78 is 6.64. The van der Waals surface area contributed by atoms with Gasteiger partial charge in [-0.25, -0.2) is 14.8 Å². The first-order chi connectivity index (χ1) is 9.70. The fraction of sp³-hybridized carbons (Fsp3) is 0.133. The van der Waals surface area contributed by atoms with Crippen molar-refractivity contribution in [1.82, 2.24) is 14.5 Å². The van der Waals surface area contributed by atoms with Crippen LogP contribution in [0, 0.1) is 0 Å². The van der Waals surface area contributed by atoms with Gasteiger partial charge in [0.15, 0.2) is 11.3 Å². The van der Waals surface area contributed by atoms with Gasteiger partial charge in [-0.05, 0) is 6.07 Å². The summed E-state index contributed by atoms with van der Waals surface area (Å²) in [6, 6.07) is 11.4. The highest BCUT2D eigenvalue weighted by Gasteiger charge is 2.19. The molecule has 5 nitrogen and oxygen atoms in total. The Kier molecular flexibility index (Phi) is 2.95. The number of ether oxygens (including phenoxy) is 1. The molecule has 0 atom stereocenters. The molecule has 0 N–H and O–H groups in total. The smallest absolute Gasteiger partial charge is 0.359 e. The number of carbonyl (C=O) groups is 1. The number of benzene rings is 1. The summed E-state index contributed by atoms with van der Waals surface area (Å²) in [7, 11) is 3.20. The van der Waals surface area contributed by atoms with Crippen molar-refractivity contribution in [2.24, 2.45) is 7.05 Å². The monoisotopic (exact) mass is 267 g/mol. The number of aromatic nitrogens is 3. The Morgan fingerprint density at radius 3 is 2.60 bits per heavy atom. The highest BCUT2D eigenvalue weighted by atomic mass is 16.5. The Labute approximate surface area is 115 Å². The molecule has 0 aliphatic rings. The van der Waals surface area contributed by atoms with Gasteiger partial charge in [0, 0.05) is 18.8 Å². The molecule has 3 aromatic rings. The lowest BCUT2D eigenvalue weighted by Gasteiger charge is -2.07. The van der Waals surface area contributed by atoms with Gasteiger partial charge in [0.1, 0.15) is 11.2 Å².